The SMILES string of the molecule is CC/C=C\C/C=C\C/C=C\C/C=C\C/C=C\CCCCCCCCCCCCCCCCCCCC(=O)OC(COC(=O)CCCCCCCCCCCCCCCCCCCCCCCCC/C=C\C/C=C\CCCCCCC)COC(OCC[N+](C)(C)C)C(=O)O. The van der Waals surface area contributed by atoms with Crippen molar-refractivity contribution in [3.05, 3.63) is 85.1 Å². The highest BCUT2D eigenvalue weighted by Gasteiger charge is 2.25. The number of ether oxygens (including phenoxy) is 4. The number of aliphatic carboxylic acids is 1. The Labute approximate surface area is 576 Å². The van der Waals surface area contributed by atoms with Gasteiger partial charge in [-0.05, 0) is 89.9 Å². The van der Waals surface area contributed by atoms with E-state index in [4.69, 9.17) is 18.9 Å². The molecule has 0 aliphatic rings. The molecule has 9 heteroatoms. The molecule has 0 aliphatic heterocycles. The molecule has 0 rings (SSSR count). The Morgan fingerprint density at radius 3 is 0.914 bits per heavy atom. The first-order valence-electron chi connectivity index (χ1n) is 39.8. The molecule has 0 aromatic rings. The van der Waals surface area contributed by atoms with Crippen LogP contribution in [0.3, 0.4) is 0 Å². The largest absolute Gasteiger partial charge is 0.477 e. The number of hydrogen-bond donors (Lipinski definition) is 1. The maximum atomic E-state index is 13.0. The van der Waals surface area contributed by atoms with Gasteiger partial charge in [-0.1, -0.05) is 356 Å². The van der Waals surface area contributed by atoms with Gasteiger partial charge in [-0.3, -0.25) is 9.59 Å². The van der Waals surface area contributed by atoms with Crippen LogP contribution >= 0.6 is 0 Å². The van der Waals surface area contributed by atoms with Crippen molar-refractivity contribution < 1.29 is 42.9 Å². The molecule has 2 unspecified atom stereocenters. The van der Waals surface area contributed by atoms with Crippen molar-refractivity contribution in [3.8, 4) is 0 Å². The summed E-state index contributed by atoms with van der Waals surface area (Å²) in [6, 6.07) is 0. The number of esters is 2. The number of hydrogen-bond acceptors (Lipinski definition) is 7. The summed E-state index contributed by atoms with van der Waals surface area (Å²) in [5, 5.41) is 9.77. The molecule has 0 radical (unpaired) electrons. The average molecular weight is 1300 g/mol. The molecule has 0 saturated carbocycles. The number of allylic oxidation sites excluding steroid dienone is 14. The van der Waals surface area contributed by atoms with Gasteiger partial charge in [0.05, 0.1) is 34.4 Å². The Bertz CT molecular complexity index is 1810. The summed E-state index contributed by atoms with van der Waals surface area (Å²) in [4.78, 5) is 37.7. The molecule has 0 spiro atoms. The number of quaternary nitrogens is 1. The van der Waals surface area contributed by atoms with Gasteiger partial charge in [0, 0.05) is 12.8 Å². The standard InChI is InChI=1S/C84H151NO8/c1-6-8-10-12-14-16-18-20-22-24-26-28-30-32-34-36-38-40-41-43-44-46-48-50-52-54-56-58-60-62-64-66-68-70-72-74-81(86)91-78-80(79-92-84(83(88)89)90-77-76-85(3,4)5)93-82(87)75-73-71-69-67-65-63-61-59-57-55-53-51-49-47-45-42-39-37-35-33-31-29-27-25-23-21-19-17-15-13-11-9-7-2/h9,11,15,17-18,20-21,23-24,26-27,29,33,35,80,84H,6-8,10,12-14,16,19,22,25,28,30-32,34,36-79H2,1-5H3/p+1/b11-9-,17-15-,20-18-,23-21-,26-24-,29-27-,35-33-. The van der Waals surface area contributed by atoms with Gasteiger partial charge >= 0.3 is 17.9 Å². The van der Waals surface area contributed by atoms with Crippen LogP contribution in [0.25, 0.3) is 0 Å². The second kappa shape index (κ2) is 74.3. The summed E-state index contributed by atoms with van der Waals surface area (Å²) >= 11 is 0. The fourth-order valence-corrected chi connectivity index (χ4v) is 11.6. The number of carbonyl (C=O) groups excluding carboxylic acids is 2. The van der Waals surface area contributed by atoms with Crippen LogP contribution in [0.15, 0.2) is 85.1 Å². The molecule has 2 atom stereocenters. The molecule has 0 aromatic heterocycles. The molecular formula is C84H152NO8+. The van der Waals surface area contributed by atoms with Gasteiger partial charge in [-0.2, -0.15) is 0 Å². The van der Waals surface area contributed by atoms with Crippen LogP contribution in [0.2, 0.25) is 0 Å². The van der Waals surface area contributed by atoms with E-state index in [2.05, 4.69) is 98.9 Å². The van der Waals surface area contributed by atoms with E-state index >= 15 is 0 Å². The maximum Gasteiger partial charge on any atom is 0.361 e. The zero-order valence-corrected chi connectivity index (χ0v) is 61.9. The highest BCUT2D eigenvalue weighted by molar-refractivity contribution is 5.71. The van der Waals surface area contributed by atoms with Crippen molar-refractivity contribution in [2.75, 3.05) is 47.5 Å². The maximum absolute atomic E-state index is 13.0. The Balaban J connectivity index is 4.00. The van der Waals surface area contributed by atoms with E-state index < -0.39 is 18.4 Å². The second-order valence-electron chi connectivity index (χ2n) is 28.0. The van der Waals surface area contributed by atoms with Gasteiger partial charge in [0.2, 0.25) is 0 Å². The summed E-state index contributed by atoms with van der Waals surface area (Å²) in [5.41, 5.74) is 0. The zero-order valence-electron chi connectivity index (χ0n) is 61.9. The minimum Gasteiger partial charge on any atom is -0.477 e. The number of rotatable bonds is 74. The van der Waals surface area contributed by atoms with Crippen LogP contribution in [0, 0.1) is 0 Å². The van der Waals surface area contributed by atoms with Gasteiger partial charge in [-0.25, -0.2) is 4.79 Å². The third-order valence-corrected chi connectivity index (χ3v) is 17.6. The lowest BCUT2D eigenvalue weighted by Gasteiger charge is -2.25. The van der Waals surface area contributed by atoms with Crippen molar-refractivity contribution >= 4 is 17.9 Å². The van der Waals surface area contributed by atoms with Crippen LogP contribution in [-0.2, 0) is 33.3 Å². The third kappa shape index (κ3) is 75.7. The Morgan fingerprint density at radius 2 is 0.613 bits per heavy atom. The van der Waals surface area contributed by atoms with Gasteiger partial charge < -0.3 is 28.5 Å². The monoisotopic (exact) mass is 1300 g/mol. The highest BCUT2D eigenvalue weighted by atomic mass is 16.7. The molecule has 0 heterocycles. The molecular weight excluding hydrogens is 1150 g/mol. The van der Waals surface area contributed by atoms with Crippen molar-refractivity contribution in [2.45, 2.75) is 386 Å². The molecule has 0 saturated heterocycles. The van der Waals surface area contributed by atoms with Crippen molar-refractivity contribution in [1.29, 1.82) is 0 Å². The lowest BCUT2D eigenvalue weighted by molar-refractivity contribution is -0.870. The van der Waals surface area contributed by atoms with Gasteiger partial charge in [0.25, 0.3) is 6.29 Å². The molecule has 0 bridgehead atoms. The zero-order chi connectivity index (χ0) is 67.5. The highest BCUT2D eigenvalue weighted by Crippen LogP contribution is 2.19. The first kappa shape index (κ1) is 89.5. The molecule has 1 N–H and O–H groups in total. The Morgan fingerprint density at radius 1 is 0.333 bits per heavy atom. The van der Waals surface area contributed by atoms with E-state index in [1.54, 1.807) is 0 Å². The number of nitrogens with zero attached hydrogens (tertiary/aromatic N) is 1. The van der Waals surface area contributed by atoms with Crippen LogP contribution in [0.5, 0.6) is 0 Å². The molecule has 93 heavy (non-hydrogen) atoms. The van der Waals surface area contributed by atoms with Crippen LogP contribution < -0.4 is 0 Å². The van der Waals surface area contributed by atoms with Crippen molar-refractivity contribution in [2.24, 2.45) is 0 Å². The summed E-state index contributed by atoms with van der Waals surface area (Å²) in [6.45, 7) is 4.81. The van der Waals surface area contributed by atoms with Crippen molar-refractivity contribution in [3.63, 3.8) is 0 Å². The molecule has 540 valence electrons. The van der Waals surface area contributed by atoms with E-state index in [0.717, 1.165) is 77.0 Å². The second-order valence-corrected chi connectivity index (χ2v) is 28.0. The average Bonchev–Trinajstić information content (AvgIpc) is 3.74. The molecule has 0 fully saturated rings. The molecule has 0 amide bonds. The number of carbonyl (C=O) groups is 3. The first-order chi connectivity index (χ1) is 45.6. The fraction of sp³-hybridized carbons (Fsp3) is 0.798. The summed E-state index contributed by atoms with van der Waals surface area (Å²) in [7, 11) is 5.99. The minimum absolute atomic E-state index is 0.179. The third-order valence-electron chi connectivity index (χ3n) is 17.6. The van der Waals surface area contributed by atoms with E-state index in [-0.39, 0.29) is 38.2 Å². The lowest BCUT2D eigenvalue weighted by Crippen LogP contribution is -2.40. The van der Waals surface area contributed by atoms with Crippen molar-refractivity contribution in [1.82, 2.24) is 0 Å². The van der Waals surface area contributed by atoms with E-state index in [0.29, 0.717) is 17.4 Å². The number of carboxylic acid groups (broad SMARTS) is 1. The minimum atomic E-state index is -1.51. The van der Waals surface area contributed by atoms with Gasteiger partial charge in [0.15, 0.2) is 6.10 Å². The van der Waals surface area contributed by atoms with E-state index in [9.17, 15) is 19.5 Å². The molecule has 0 aromatic carbocycles. The van der Waals surface area contributed by atoms with E-state index in [1.807, 2.05) is 21.1 Å². The Hall–Kier alpha value is -3.53. The summed E-state index contributed by atoms with van der Waals surface area (Å²) < 4.78 is 23.1. The predicted molar refractivity (Wildman–Crippen MR) is 401 cm³/mol. The first-order valence-corrected chi connectivity index (χ1v) is 39.8. The van der Waals surface area contributed by atoms with E-state index in [1.165, 1.54) is 270 Å². The van der Waals surface area contributed by atoms with Crippen LogP contribution in [0.4, 0.5) is 0 Å². The molecule has 9 nitrogen and oxygen atoms in total. The quantitative estimate of drug-likeness (QED) is 0.0211. The summed E-state index contributed by atoms with van der Waals surface area (Å²) in [6.07, 6.45) is 98.8. The molecule has 0 aliphatic carbocycles. The smallest absolute Gasteiger partial charge is 0.361 e. The van der Waals surface area contributed by atoms with Gasteiger partial charge in [0.1, 0.15) is 13.2 Å². The number of likely N-dealkylation sites (N-methyl/N-ethyl adjacent to an activating group) is 1. The topological polar surface area (TPSA) is 108 Å². The number of carboxylic acids is 1. The van der Waals surface area contributed by atoms with Crippen LogP contribution in [-0.4, -0.2) is 87.4 Å². The fourth-order valence-electron chi connectivity index (χ4n) is 11.6. The lowest BCUT2D eigenvalue weighted by atomic mass is 10.0. The van der Waals surface area contributed by atoms with Crippen LogP contribution in [0.1, 0.15) is 373 Å². The normalized spacial score (nSPS) is 13.1. The Kier molecular flexibility index (Phi) is 71.4. The number of unbranched alkanes of at least 4 members (excludes halogenated alkanes) is 45. The summed E-state index contributed by atoms with van der Waals surface area (Å²) in [5.74, 6) is -1.98. The predicted octanol–water partition coefficient (Wildman–Crippen LogP) is 25.4. The van der Waals surface area contributed by atoms with Gasteiger partial charge in [-0.15, -0.1) is 0 Å².